The van der Waals surface area contributed by atoms with Crippen molar-refractivity contribution in [2.75, 3.05) is 0 Å². The zero-order valence-electron chi connectivity index (χ0n) is 23.3. The fraction of sp³-hybridized carbons (Fsp3) is 0.105. The molecule has 8 aromatic rings. The summed E-state index contributed by atoms with van der Waals surface area (Å²) in [5.74, 6) is 1.12. The van der Waals surface area contributed by atoms with Gasteiger partial charge in [0.2, 0.25) is 0 Å². The third-order valence-electron chi connectivity index (χ3n) is 9.22. The molecule has 6 heteroatoms. The summed E-state index contributed by atoms with van der Waals surface area (Å²) in [4.78, 5) is 10.1. The van der Waals surface area contributed by atoms with Crippen LogP contribution in [0.1, 0.15) is 46.6 Å². The van der Waals surface area contributed by atoms with E-state index in [9.17, 15) is 0 Å². The van der Waals surface area contributed by atoms with E-state index in [-0.39, 0.29) is 23.7 Å². The van der Waals surface area contributed by atoms with E-state index in [0.717, 1.165) is 22.2 Å². The smallest absolute Gasteiger partial charge is 0.199 e. The number of fused-ring (bicyclic) bond motifs is 4. The summed E-state index contributed by atoms with van der Waals surface area (Å²) in [6, 6.07) is 41.3. The van der Waals surface area contributed by atoms with Gasteiger partial charge >= 0.3 is 0 Å². The second-order valence-electron chi connectivity index (χ2n) is 11.6. The number of halogens is 2. The van der Waals surface area contributed by atoms with Crippen molar-refractivity contribution in [3.05, 3.63) is 154 Å². The van der Waals surface area contributed by atoms with E-state index in [1.165, 1.54) is 32.7 Å². The first-order chi connectivity index (χ1) is 21.6. The van der Waals surface area contributed by atoms with E-state index >= 15 is 0 Å². The Balaban J connectivity index is 1.33. The Kier molecular flexibility index (Phi) is 5.84. The summed E-state index contributed by atoms with van der Waals surface area (Å²) in [6.45, 7) is 0. The number of nitrogens with zero attached hydrogens (tertiary/aromatic N) is 2. The van der Waals surface area contributed by atoms with Crippen molar-refractivity contribution in [2.24, 2.45) is 0 Å². The molecule has 1 aliphatic carbocycles. The summed E-state index contributed by atoms with van der Waals surface area (Å²) in [6.07, 6.45) is 0. The van der Waals surface area contributed by atoms with Gasteiger partial charge in [0.25, 0.3) is 0 Å². The summed E-state index contributed by atoms with van der Waals surface area (Å²) in [5, 5.41) is 6.03. The number of aromatic nitrogens is 2. The lowest BCUT2D eigenvalue weighted by Crippen LogP contribution is -2.40. The Morgan fingerprint density at radius 3 is 1.36 bits per heavy atom. The molecule has 212 valence electrons. The lowest BCUT2D eigenvalue weighted by Gasteiger charge is -2.50. The van der Waals surface area contributed by atoms with E-state index in [4.69, 9.17) is 42.0 Å². The van der Waals surface area contributed by atoms with Crippen LogP contribution in [0.3, 0.4) is 0 Å². The molecule has 0 amide bonds. The predicted molar refractivity (Wildman–Crippen MR) is 177 cm³/mol. The molecule has 0 unspecified atom stereocenters. The zero-order chi connectivity index (χ0) is 29.4. The van der Waals surface area contributed by atoms with Crippen LogP contribution >= 0.6 is 23.2 Å². The van der Waals surface area contributed by atoms with Crippen LogP contribution in [-0.2, 0) is 0 Å². The number of benzene rings is 6. The van der Waals surface area contributed by atoms with Crippen molar-refractivity contribution in [2.45, 2.75) is 23.7 Å². The van der Waals surface area contributed by atoms with E-state index < -0.39 is 0 Å². The average molecular weight is 612 g/mol. The van der Waals surface area contributed by atoms with Crippen LogP contribution in [0.5, 0.6) is 0 Å². The third-order valence-corrected chi connectivity index (χ3v) is 9.69. The van der Waals surface area contributed by atoms with Crippen LogP contribution in [0.4, 0.5) is 0 Å². The van der Waals surface area contributed by atoms with Gasteiger partial charge < -0.3 is 8.83 Å². The van der Waals surface area contributed by atoms with E-state index in [1.54, 1.807) is 0 Å². The van der Waals surface area contributed by atoms with Crippen molar-refractivity contribution < 1.29 is 8.83 Å². The van der Waals surface area contributed by atoms with Gasteiger partial charge in [-0.15, -0.1) is 0 Å². The zero-order valence-corrected chi connectivity index (χ0v) is 24.8. The van der Waals surface area contributed by atoms with Gasteiger partial charge in [0.1, 0.15) is 11.0 Å². The fourth-order valence-corrected chi connectivity index (χ4v) is 7.67. The molecule has 0 aliphatic heterocycles. The van der Waals surface area contributed by atoms with E-state index in [0.29, 0.717) is 21.8 Å². The molecule has 0 atom stereocenters. The number of hydrogen-bond donors (Lipinski definition) is 0. The molecular formula is C38H24Cl2N2O2. The Bertz CT molecular complexity index is 2190. The normalized spacial score (nSPS) is 20.0. The maximum atomic E-state index is 6.58. The van der Waals surface area contributed by atoms with Crippen molar-refractivity contribution in [3.8, 4) is 0 Å². The van der Waals surface area contributed by atoms with Gasteiger partial charge in [-0.1, -0.05) is 108 Å². The largest absolute Gasteiger partial charge is 0.440 e. The first-order valence-electron chi connectivity index (χ1n) is 14.7. The van der Waals surface area contributed by atoms with Gasteiger partial charge in [0.05, 0.1) is 11.8 Å². The van der Waals surface area contributed by atoms with Crippen molar-refractivity contribution in [1.29, 1.82) is 0 Å². The highest BCUT2D eigenvalue weighted by Crippen LogP contribution is 2.67. The molecule has 2 heterocycles. The van der Waals surface area contributed by atoms with Gasteiger partial charge in [-0.2, -0.15) is 0 Å². The summed E-state index contributed by atoms with van der Waals surface area (Å²) < 4.78 is 13.2. The minimum atomic E-state index is -0.0959. The molecule has 1 saturated carbocycles. The monoisotopic (exact) mass is 610 g/mol. The van der Waals surface area contributed by atoms with Crippen LogP contribution in [0, 0.1) is 0 Å². The predicted octanol–water partition coefficient (Wildman–Crippen LogP) is 11.0. The Morgan fingerprint density at radius 2 is 0.886 bits per heavy atom. The lowest BCUT2D eigenvalue weighted by atomic mass is 9.51. The second kappa shape index (κ2) is 9.95. The maximum Gasteiger partial charge on any atom is 0.199 e. The van der Waals surface area contributed by atoms with Gasteiger partial charge in [-0.3, -0.25) is 0 Å². The molecule has 0 N–H and O–H groups in total. The van der Waals surface area contributed by atoms with Crippen LogP contribution in [0.25, 0.3) is 43.7 Å². The first kappa shape index (κ1) is 25.8. The second-order valence-corrected chi connectivity index (χ2v) is 12.4. The highest BCUT2D eigenvalue weighted by Gasteiger charge is 2.58. The topological polar surface area (TPSA) is 52.1 Å². The Morgan fingerprint density at radius 1 is 0.455 bits per heavy atom. The maximum absolute atomic E-state index is 6.58. The molecule has 0 saturated heterocycles. The molecule has 1 aliphatic rings. The SMILES string of the molecule is Clc1ccc2oc(C3C(c4cccc5ccccc45)C(c4nc5cc(Cl)ccc5o4)C3c3cccc4ccccc34)nc2c1. The molecule has 0 radical (unpaired) electrons. The Labute approximate surface area is 262 Å². The molecule has 0 spiro atoms. The third kappa shape index (κ3) is 3.98. The van der Waals surface area contributed by atoms with Crippen LogP contribution in [0.2, 0.25) is 10.0 Å². The standard InChI is InChI=1S/C38H24Cl2N2O2/c39-23-15-17-31-29(19-23)41-37(43-31)35-33(27-13-5-9-21-7-1-3-11-25(21)27)36(38-42-30-20-24(40)16-18-32(30)44-38)34(35)28-14-6-10-22-8-2-4-12-26(22)28/h1-20,33-36H. The van der Waals surface area contributed by atoms with Gasteiger partial charge in [0.15, 0.2) is 22.9 Å². The molecule has 1 fully saturated rings. The molecule has 6 aromatic carbocycles. The van der Waals surface area contributed by atoms with Crippen molar-refractivity contribution >= 4 is 66.9 Å². The minimum Gasteiger partial charge on any atom is -0.440 e. The molecule has 4 nitrogen and oxygen atoms in total. The van der Waals surface area contributed by atoms with E-state index in [2.05, 4.69) is 84.9 Å². The minimum absolute atomic E-state index is 0.0304. The molecule has 0 bridgehead atoms. The number of hydrogen-bond acceptors (Lipinski definition) is 4. The lowest BCUT2D eigenvalue weighted by molar-refractivity contribution is 0.174. The van der Waals surface area contributed by atoms with Crippen LogP contribution in [-0.4, -0.2) is 9.97 Å². The first-order valence-corrected chi connectivity index (χ1v) is 15.5. The molecule has 2 aromatic heterocycles. The summed E-state index contributed by atoms with van der Waals surface area (Å²) in [5.41, 5.74) is 5.38. The van der Waals surface area contributed by atoms with Gasteiger partial charge in [-0.05, 0) is 69.1 Å². The number of oxazole rings is 2. The van der Waals surface area contributed by atoms with Crippen LogP contribution in [0.15, 0.2) is 130 Å². The Hall–Kier alpha value is -4.64. The highest BCUT2D eigenvalue weighted by molar-refractivity contribution is 6.31. The van der Waals surface area contributed by atoms with E-state index in [1.807, 2.05) is 36.4 Å². The molecule has 9 rings (SSSR count). The highest BCUT2D eigenvalue weighted by atomic mass is 35.5. The van der Waals surface area contributed by atoms with Crippen molar-refractivity contribution in [3.63, 3.8) is 0 Å². The summed E-state index contributed by atoms with van der Waals surface area (Å²) in [7, 11) is 0. The number of rotatable bonds is 4. The molecular weight excluding hydrogens is 587 g/mol. The average Bonchev–Trinajstić information content (AvgIpc) is 3.64. The summed E-state index contributed by atoms with van der Waals surface area (Å²) >= 11 is 12.8. The van der Waals surface area contributed by atoms with Crippen LogP contribution < -0.4 is 0 Å². The van der Waals surface area contributed by atoms with Crippen molar-refractivity contribution in [1.82, 2.24) is 9.97 Å². The fourth-order valence-electron chi connectivity index (χ4n) is 7.34. The van der Waals surface area contributed by atoms with Gasteiger partial charge in [0, 0.05) is 21.9 Å². The quantitative estimate of drug-likeness (QED) is 0.199. The molecule has 44 heavy (non-hydrogen) atoms. The van der Waals surface area contributed by atoms with Gasteiger partial charge in [-0.25, -0.2) is 9.97 Å².